The Labute approximate surface area is 135 Å². The van der Waals surface area contributed by atoms with E-state index in [-0.39, 0.29) is 10.5 Å². The van der Waals surface area contributed by atoms with Gasteiger partial charge < -0.3 is 5.11 Å². The highest BCUT2D eigenvalue weighted by molar-refractivity contribution is 7.89. The Morgan fingerprint density at radius 2 is 1.91 bits per heavy atom. The summed E-state index contributed by atoms with van der Waals surface area (Å²) in [5.74, 6) is -1.21. The van der Waals surface area contributed by atoms with Crippen LogP contribution in [0.15, 0.2) is 53.7 Å². The predicted molar refractivity (Wildman–Crippen MR) is 85.8 cm³/mol. The molecule has 0 amide bonds. The average Bonchev–Trinajstić information content (AvgIpc) is 2.55. The molecular weight excluding hydrogens is 316 g/mol. The van der Waals surface area contributed by atoms with E-state index in [4.69, 9.17) is 5.11 Å². The van der Waals surface area contributed by atoms with E-state index in [0.29, 0.717) is 13.0 Å². The summed E-state index contributed by atoms with van der Waals surface area (Å²) in [4.78, 5) is 14.5. The van der Waals surface area contributed by atoms with E-state index in [1.54, 1.807) is 0 Å². The summed E-state index contributed by atoms with van der Waals surface area (Å²) in [7, 11) is -2.26. The molecule has 7 heteroatoms. The zero-order chi connectivity index (χ0) is 16.9. The second kappa shape index (κ2) is 7.34. The van der Waals surface area contributed by atoms with Crippen molar-refractivity contribution in [2.45, 2.75) is 17.7 Å². The quantitative estimate of drug-likeness (QED) is 0.837. The zero-order valence-corrected chi connectivity index (χ0v) is 13.5. The number of carbonyl (C=O) groups is 1. The third kappa shape index (κ3) is 4.37. The van der Waals surface area contributed by atoms with Crippen LogP contribution in [0.3, 0.4) is 0 Å². The molecule has 0 bridgehead atoms. The lowest BCUT2D eigenvalue weighted by molar-refractivity contribution is 0.0696. The molecule has 0 radical (unpaired) electrons. The number of benzene rings is 1. The number of sulfonamides is 1. The van der Waals surface area contributed by atoms with Crippen LogP contribution in [-0.4, -0.2) is 42.4 Å². The number of aromatic nitrogens is 1. The number of aromatic carboxylic acids is 1. The third-order valence-corrected chi connectivity index (χ3v) is 5.27. The number of rotatable bonds is 7. The minimum atomic E-state index is -3.74. The lowest BCUT2D eigenvalue weighted by Gasteiger charge is -2.17. The number of pyridine rings is 1. The molecule has 122 valence electrons. The number of nitrogens with zero attached hydrogens (tertiary/aromatic N) is 2. The van der Waals surface area contributed by atoms with Gasteiger partial charge in [0.2, 0.25) is 10.0 Å². The lowest BCUT2D eigenvalue weighted by atomic mass is 10.1. The van der Waals surface area contributed by atoms with Gasteiger partial charge in [-0.15, -0.1) is 0 Å². The summed E-state index contributed by atoms with van der Waals surface area (Å²) in [6.45, 7) is 0.342. The maximum absolute atomic E-state index is 12.4. The molecule has 0 fully saturated rings. The molecule has 0 unspecified atom stereocenters. The fraction of sp³-hybridized carbons (Fsp3) is 0.250. The highest BCUT2D eigenvalue weighted by Crippen LogP contribution is 2.15. The zero-order valence-electron chi connectivity index (χ0n) is 12.7. The largest absolute Gasteiger partial charge is 0.478 e. The molecule has 1 aromatic heterocycles. The molecule has 1 N–H and O–H groups in total. The molecule has 1 heterocycles. The fourth-order valence-corrected chi connectivity index (χ4v) is 3.33. The predicted octanol–water partition coefficient (Wildman–Crippen LogP) is 2.03. The minimum absolute atomic E-state index is 0.111. The van der Waals surface area contributed by atoms with Crippen LogP contribution < -0.4 is 0 Å². The van der Waals surface area contributed by atoms with Gasteiger partial charge >= 0.3 is 5.97 Å². The van der Waals surface area contributed by atoms with Gasteiger partial charge in [-0.25, -0.2) is 17.5 Å². The number of carboxylic acid groups (broad SMARTS) is 1. The van der Waals surface area contributed by atoms with Crippen molar-refractivity contribution in [1.82, 2.24) is 9.29 Å². The van der Waals surface area contributed by atoms with Gasteiger partial charge in [0.05, 0.1) is 5.56 Å². The number of hydrogen-bond acceptors (Lipinski definition) is 4. The molecule has 6 nitrogen and oxygen atoms in total. The molecule has 1 aromatic carbocycles. The van der Waals surface area contributed by atoms with Gasteiger partial charge in [0, 0.05) is 26.0 Å². The van der Waals surface area contributed by atoms with E-state index in [1.165, 1.54) is 11.4 Å². The van der Waals surface area contributed by atoms with Crippen molar-refractivity contribution < 1.29 is 18.3 Å². The van der Waals surface area contributed by atoms with Gasteiger partial charge in [-0.3, -0.25) is 4.98 Å². The first kappa shape index (κ1) is 17.1. The van der Waals surface area contributed by atoms with Crippen molar-refractivity contribution in [3.8, 4) is 0 Å². The SMILES string of the molecule is CN(CCCc1ccccc1)S(=O)(=O)c1cncc(C(=O)O)c1. The van der Waals surface area contributed by atoms with Crippen molar-refractivity contribution in [1.29, 1.82) is 0 Å². The Kier molecular flexibility index (Phi) is 5.46. The molecule has 2 aromatic rings. The lowest BCUT2D eigenvalue weighted by Crippen LogP contribution is -2.28. The van der Waals surface area contributed by atoms with Crippen LogP contribution in [-0.2, 0) is 16.4 Å². The second-order valence-electron chi connectivity index (χ2n) is 5.13. The molecule has 0 aliphatic rings. The van der Waals surface area contributed by atoms with Crippen molar-refractivity contribution in [3.05, 3.63) is 59.9 Å². The average molecular weight is 334 g/mol. The van der Waals surface area contributed by atoms with Crippen LogP contribution in [0.1, 0.15) is 22.3 Å². The molecule has 23 heavy (non-hydrogen) atoms. The maximum atomic E-state index is 12.4. The summed E-state index contributed by atoms with van der Waals surface area (Å²) < 4.78 is 26.1. The van der Waals surface area contributed by atoms with E-state index < -0.39 is 16.0 Å². The molecule has 0 aliphatic heterocycles. The van der Waals surface area contributed by atoms with Crippen molar-refractivity contribution in [2.24, 2.45) is 0 Å². The summed E-state index contributed by atoms with van der Waals surface area (Å²) in [5, 5.41) is 8.93. The fourth-order valence-electron chi connectivity index (χ4n) is 2.13. The number of carboxylic acids is 1. The van der Waals surface area contributed by atoms with Crippen LogP contribution in [0.5, 0.6) is 0 Å². The highest BCUT2D eigenvalue weighted by atomic mass is 32.2. The van der Waals surface area contributed by atoms with Gasteiger partial charge in [-0.05, 0) is 24.5 Å². The number of hydrogen-bond donors (Lipinski definition) is 1. The molecule has 0 saturated carbocycles. The van der Waals surface area contributed by atoms with Crippen LogP contribution in [0.4, 0.5) is 0 Å². The molecule has 0 aliphatic carbocycles. The minimum Gasteiger partial charge on any atom is -0.478 e. The van der Waals surface area contributed by atoms with Crippen molar-refractivity contribution in [2.75, 3.05) is 13.6 Å². The Morgan fingerprint density at radius 1 is 1.22 bits per heavy atom. The van der Waals surface area contributed by atoms with Crippen LogP contribution >= 0.6 is 0 Å². The van der Waals surface area contributed by atoms with Crippen LogP contribution in [0.2, 0.25) is 0 Å². The Hall–Kier alpha value is -2.25. The molecule has 0 atom stereocenters. The van der Waals surface area contributed by atoms with E-state index in [0.717, 1.165) is 30.4 Å². The van der Waals surface area contributed by atoms with Crippen LogP contribution in [0.25, 0.3) is 0 Å². The maximum Gasteiger partial charge on any atom is 0.337 e. The molecule has 2 rings (SSSR count). The van der Waals surface area contributed by atoms with Gasteiger partial charge in [0.25, 0.3) is 0 Å². The standard InChI is InChI=1S/C16H18N2O4S/c1-18(9-5-8-13-6-3-2-4-7-13)23(21,22)15-10-14(16(19)20)11-17-12-15/h2-4,6-7,10-12H,5,8-9H2,1H3,(H,19,20). The number of aryl methyl sites for hydroxylation is 1. The van der Waals surface area contributed by atoms with E-state index in [9.17, 15) is 13.2 Å². The van der Waals surface area contributed by atoms with Gasteiger partial charge in [0.1, 0.15) is 4.90 Å². The van der Waals surface area contributed by atoms with Gasteiger partial charge in [-0.1, -0.05) is 30.3 Å². The molecular formula is C16H18N2O4S. The first-order valence-electron chi connectivity index (χ1n) is 7.10. The normalized spacial score (nSPS) is 11.6. The summed E-state index contributed by atoms with van der Waals surface area (Å²) in [5.41, 5.74) is 0.997. The second-order valence-corrected chi connectivity index (χ2v) is 7.18. The van der Waals surface area contributed by atoms with E-state index in [2.05, 4.69) is 4.98 Å². The highest BCUT2D eigenvalue weighted by Gasteiger charge is 2.22. The first-order chi connectivity index (χ1) is 10.9. The molecule has 0 spiro atoms. The third-order valence-electron chi connectivity index (χ3n) is 3.45. The Bertz CT molecular complexity index is 776. The summed E-state index contributed by atoms with van der Waals surface area (Å²) >= 11 is 0. The van der Waals surface area contributed by atoms with Gasteiger partial charge in [-0.2, -0.15) is 0 Å². The van der Waals surface area contributed by atoms with Crippen molar-refractivity contribution in [3.63, 3.8) is 0 Å². The van der Waals surface area contributed by atoms with E-state index in [1.807, 2.05) is 30.3 Å². The first-order valence-corrected chi connectivity index (χ1v) is 8.54. The summed E-state index contributed by atoms with van der Waals surface area (Å²) in [6, 6.07) is 10.9. The Balaban J connectivity index is 2.04. The van der Waals surface area contributed by atoms with E-state index >= 15 is 0 Å². The smallest absolute Gasteiger partial charge is 0.337 e. The monoisotopic (exact) mass is 334 g/mol. The Morgan fingerprint density at radius 3 is 2.57 bits per heavy atom. The van der Waals surface area contributed by atoms with Crippen LogP contribution in [0, 0.1) is 0 Å². The molecule has 0 saturated heterocycles. The topological polar surface area (TPSA) is 87.6 Å². The van der Waals surface area contributed by atoms with Crippen molar-refractivity contribution >= 4 is 16.0 Å². The summed E-state index contributed by atoms with van der Waals surface area (Å²) in [6.07, 6.45) is 3.73. The van der Waals surface area contributed by atoms with Gasteiger partial charge in [0.15, 0.2) is 0 Å².